The van der Waals surface area contributed by atoms with Gasteiger partial charge in [-0.05, 0) is 26.7 Å². The zero-order chi connectivity index (χ0) is 14.0. The molecule has 2 N–H and O–H groups in total. The molecule has 5 heteroatoms. The fraction of sp³-hybridized carbons (Fsp3) is 0.643. The van der Waals surface area contributed by atoms with Crippen molar-refractivity contribution in [3.63, 3.8) is 0 Å². The van der Waals surface area contributed by atoms with Crippen LogP contribution in [0.15, 0.2) is 6.20 Å². The van der Waals surface area contributed by atoms with Gasteiger partial charge in [-0.25, -0.2) is 4.98 Å². The van der Waals surface area contributed by atoms with Crippen molar-refractivity contribution < 1.29 is 5.11 Å². The third kappa shape index (κ3) is 2.99. The molecule has 0 aliphatic rings. The highest BCUT2D eigenvalue weighted by atomic mass is 32.1. The minimum Gasteiger partial charge on any atom is -0.389 e. The summed E-state index contributed by atoms with van der Waals surface area (Å²) < 4.78 is 2.15. The first kappa shape index (κ1) is 14.5. The number of hydrogen-bond acceptors (Lipinski definition) is 4. The molecular formula is C14H23N3OS. The van der Waals surface area contributed by atoms with E-state index in [-0.39, 0.29) is 0 Å². The van der Waals surface area contributed by atoms with Crippen molar-refractivity contribution in [1.82, 2.24) is 14.7 Å². The Labute approximate surface area is 118 Å². The van der Waals surface area contributed by atoms with Gasteiger partial charge in [0.2, 0.25) is 0 Å². The van der Waals surface area contributed by atoms with Crippen molar-refractivity contribution >= 4 is 16.3 Å². The molecule has 0 unspecified atom stereocenters. The summed E-state index contributed by atoms with van der Waals surface area (Å²) in [7, 11) is 0. The van der Waals surface area contributed by atoms with Crippen molar-refractivity contribution in [2.45, 2.75) is 52.7 Å². The molecule has 0 aromatic carbocycles. The lowest BCUT2D eigenvalue weighted by atomic mass is 9.98. The summed E-state index contributed by atoms with van der Waals surface area (Å²) in [6.07, 6.45) is 3.67. The van der Waals surface area contributed by atoms with Crippen LogP contribution in [0.25, 0.3) is 4.96 Å². The normalized spacial score (nSPS) is 12.5. The number of thiazole rings is 1. The van der Waals surface area contributed by atoms with Gasteiger partial charge in [0, 0.05) is 24.2 Å². The Morgan fingerprint density at radius 2 is 2.05 bits per heavy atom. The summed E-state index contributed by atoms with van der Waals surface area (Å²) in [5.41, 5.74) is 1.66. The number of aryl methyl sites for hydroxylation is 2. The quantitative estimate of drug-likeness (QED) is 0.856. The van der Waals surface area contributed by atoms with Crippen LogP contribution in [0.1, 0.15) is 43.0 Å². The number of nitrogens with one attached hydrogen (secondary N) is 1. The maximum Gasteiger partial charge on any atom is 0.194 e. The third-order valence-corrected chi connectivity index (χ3v) is 4.70. The molecule has 0 fully saturated rings. The lowest BCUT2D eigenvalue weighted by molar-refractivity contribution is 0.0322. The van der Waals surface area contributed by atoms with Crippen LogP contribution >= 0.6 is 11.3 Å². The van der Waals surface area contributed by atoms with Crippen LogP contribution in [0.3, 0.4) is 0 Å². The summed E-state index contributed by atoms with van der Waals surface area (Å²) in [6, 6.07) is 0. The van der Waals surface area contributed by atoms with Crippen molar-refractivity contribution in [3.05, 3.63) is 22.5 Å². The van der Waals surface area contributed by atoms with Gasteiger partial charge in [0.15, 0.2) is 4.96 Å². The highest BCUT2D eigenvalue weighted by molar-refractivity contribution is 7.17. The van der Waals surface area contributed by atoms with Gasteiger partial charge in [0.25, 0.3) is 0 Å². The molecule has 19 heavy (non-hydrogen) atoms. The Morgan fingerprint density at radius 3 is 2.68 bits per heavy atom. The second-order valence-corrected chi connectivity index (χ2v) is 6.39. The van der Waals surface area contributed by atoms with Crippen LogP contribution in [0.2, 0.25) is 0 Å². The first-order valence-corrected chi connectivity index (χ1v) is 7.68. The highest BCUT2D eigenvalue weighted by Crippen LogP contribution is 2.21. The summed E-state index contributed by atoms with van der Waals surface area (Å²) in [5, 5.41) is 13.6. The number of aliphatic hydroxyl groups is 1. The highest BCUT2D eigenvalue weighted by Gasteiger charge is 2.21. The molecule has 106 valence electrons. The molecule has 0 aliphatic heterocycles. The van der Waals surface area contributed by atoms with E-state index in [9.17, 15) is 5.11 Å². The van der Waals surface area contributed by atoms with Crippen LogP contribution in [0.5, 0.6) is 0 Å². The second-order valence-electron chi connectivity index (χ2n) is 5.17. The van der Waals surface area contributed by atoms with E-state index < -0.39 is 5.60 Å². The Hall–Kier alpha value is -0.910. The largest absolute Gasteiger partial charge is 0.389 e. The van der Waals surface area contributed by atoms with E-state index in [0.717, 1.165) is 30.0 Å². The SMILES string of the molecule is CCC(O)(CC)CNCc1c(C)nc2sc(C)cn12. The minimum atomic E-state index is -0.595. The molecule has 2 heterocycles. The molecule has 0 amide bonds. The Bertz CT molecular complexity index is 554. The summed E-state index contributed by atoms with van der Waals surface area (Å²) in [4.78, 5) is 6.88. The summed E-state index contributed by atoms with van der Waals surface area (Å²) >= 11 is 1.71. The fourth-order valence-corrected chi connectivity index (χ4v) is 3.13. The van der Waals surface area contributed by atoms with Gasteiger partial charge in [-0.3, -0.25) is 4.40 Å². The van der Waals surface area contributed by atoms with E-state index in [2.05, 4.69) is 27.8 Å². The van der Waals surface area contributed by atoms with Gasteiger partial charge in [-0.1, -0.05) is 13.8 Å². The molecule has 0 atom stereocenters. The monoisotopic (exact) mass is 281 g/mol. The molecule has 4 nitrogen and oxygen atoms in total. The topological polar surface area (TPSA) is 49.6 Å². The zero-order valence-corrected chi connectivity index (χ0v) is 13.0. The Kier molecular flexibility index (Phi) is 4.28. The van der Waals surface area contributed by atoms with E-state index in [1.54, 1.807) is 11.3 Å². The van der Waals surface area contributed by atoms with Gasteiger partial charge in [-0.15, -0.1) is 11.3 Å². The number of fused-ring (bicyclic) bond motifs is 1. The Morgan fingerprint density at radius 1 is 1.37 bits per heavy atom. The van der Waals surface area contributed by atoms with Crippen molar-refractivity contribution in [1.29, 1.82) is 0 Å². The standard InChI is InChI=1S/C14H23N3OS/c1-5-14(18,6-2)9-15-7-12-11(4)16-13-17(12)8-10(3)19-13/h8,15,18H,5-7,9H2,1-4H3. The smallest absolute Gasteiger partial charge is 0.194 e. The van der Waals surface area contributed by atoms with Crippen LogP contribution in [0.4, 0.5) is 0 Å². The molecule has 0 radical (unpaired) electrons. The van der Waals surface area contributed by atoms with Crippen molar-refractivity contribution in [2.24, 2.45) is 0 Å². The molecule has 2 aromatic rings. The van der Waals surface area contributed by atoms with Crippen LogP contribution in [-0.4, -0.2) is 26.6 Å². The number of aromatic nitrogens is 2. The molecule has 0 saturated carbocycles. The molecule has 0 aliphatic carbocycles. The maximum absolute atomic E-state index is 10.3. The van der Waals surface area contributed by atoms with Gasteiger partial charge >= 0.3 is 0 Å². The van der Waals surface area contributed by atoms with Gasteiger partial charge in [0.1, 0.15) is 0 Å². The molecule has 2 aromatic heterocycles. The van der Waals surface area contributed by atoms with Crippen LogP contribution in [-0.2, 0) is 6.54 Å². The number of rotatable bonds is 6. The first-order valence-electron chi connectivity index (χ1n) is 6.86. The predicted molar refractivity (Wildman–Crippen MR) is 79.8 cm³/mol. The average Bonchev–Trinajstić information content (AvgIpc) is 2.86. The first-order chi connectivity index (χ1) is 8.99. The second kappa shape index (κ2) is 5.61. The minimum absolute atomic E-state index is 0.595. The van der Waals surface area contributed by atoms with Gasteiger partial charge in [-0.2, -0.15) is 0 Å². The molecule has 0 spiro atoms. The van der Waals surface area contributed by atoms with E-state index in [1.807, 2.05) is 20.8 Å². The lowest BCUT2D eigenvalue weighted by Gasteiger charge is -2.25. The molecule has 0 bridgehead atoms. The summed E-state index contributed by atoms with van der Waals surface area (Å²) in [5.74, 6) is 0. The number of imidazole rings is 1. The van der Waals surface area contributed by atoms with Crippen LogP contribution in [0, 0.1) is 13.8 Å². The van der Waals surface area contributed by atoms with Gasteiger partial charge < -0.3 is 10.4 Å². The lowest BCUT2D eigenvalue weighted by Crippen LogP contribution is -2.39. The maximum atomic E-state index is 10.3. The van der Waals surface area contributed by atoms with E-state index in [1.165, 1.54) is 10.6 Å². The zero-order valence-electron chi connectivity index (χ0n) is 12.2. The van der Waals surface area contributed by atoms with E-state index in [4.69, 9.17) is 0 Å². The molecule has 0 saturated heterocycles. The number of hydrogen-bond donors (Lipinski definition) is 2. The average molecular weight is 281 g/mol. The fourth-order valence-electron chi connectivity index (χ4n) is 2.24. The number of nitrogens with zero attached hydrogens (tertiary/aromatic N) is 2. The van der Waals surface area contributed by atoms with E-state index >= 15 is 0 Å². The summed E-state index contributed by atoms with van der Waals surface area (Å²) in [6.45, 7) is 9.55. The Balaban J connectivity index is 2.07. The molecular weight excluding hydrogens is 258 g/mol. The third-order valence-electron chi connectivity index (χ3n) is 3.80. The predicted octanol–water partition coefficient (Wildman–Crippen LogP) is 2.65. The van der Waals surface area contributed by atoms with Crippen molar-refractivity contribution in [3.8, 4) is 0 Å². The van der Waals surface area contributed by atoms with Crippen LogP contribution < -0.4 is 5.32 Å². The molecule has 2 rings (SSSR count). The van der Waals surface area contributed by atoms with E-state index in [0.29, 0.717) is 6.54 Å². The van der Waals surface area contributed by atoms with Gasteiger partial charge in [0.05, 0.1) is 17.0 Å². The van der Waals surface area contributed by atoms with Crippen molar-refractivity contribution in [2.75, 3.05) is 6.54 Å².